The van der Waals surface area contributed by atoms with E-state index in [-0.39, 0.29) is 18.9 Å². The molecule has 0 bridgehead atoms. The number of hydrogen-bond donors (Lipinski definition) is 2. The van der Waals surface area contributed by atoms with Gasteiger partial charge in [-0.2, -0.15) is 0 Å². The van der Waals surface area contributed by atoms with Crippen LogP contribution in [0.25, 0.3) is 10.9 Å². The summed E-state index contributed by atoms with van der Waals surface area (Å²) in [4.78, 5) is 16.4. The van der Waals surface area contributed by atoms with Crippen molar-refractivity contribution in [1.82, 2.24) is 9.88 Å². The lowest BCUT2D eigenvalue weighted by molar-refractivity contribution is -0.102. The van der Waals surface area contributed by atoms with Gasteiger partial charge < -0.3 is 19.7 Å². The standard InChI is InChI=1S/C16H19FN2O3/c1-15(2,3)22-14(20)19-8-16(21,9-19)12-7-18-13-5-4-10(17)6-11(12)13/h4-7,18,21H,8-9H2,1-3H3. The number of benzene rings is 1. The van der Waals surface area contributed by atoms with Gasteiger partial charge in [0.2, 0.25) is 0 Å². The molecule has 1 saturated heterocycles. The zero-order valence-corrected chi connectivity index (χ0v) is 12.8. The zero-order chi connectivity index (χ0) is 16.1. The van der Waals surface area contributed by atoms with Crippen LogP contribution in [0.3, 0.4) is 0 Å². The number of likely N-dealkylation sites (tertiary alicyclic amines) is 1. The van der Waals surface area contributed by atoms with Crippen LogP contribution in [0.2, 0.25) is 0 Å². The van der Waals surface area contributed by atoms with Crippen molar-refractivity contribution >= 4 is 17.0 Å². The maximum Gasteiger partial charge on any atom is 0.410 e. The van der Waals surface area contributed by atoms with Crippen LogP contribution in [0.5, 0.6) is 0 Å². The van der Waals surface area contributed by atoms with Crippen LogP contribution >= 0.6 is 0 Å². The lowest BCUT2D eigenvalue weighted by atomic mass is 9.86. The Morgan fingerprint density at radius 3 is 2.73 bits per heavy atom. The fourth-order valence-corrected chi connectivity index (χ4v) is 2.69. The van der Waals surface area contributed by atoms with Crippen LogP contribution in [-0.2, 0) is 10.3 Å². The van der Waals surface area contributed by atoms with Crippen LogP contribution in [0.4, 0.5) is 9.18 Å². The van der Waals surface area contributed by atoms with E-state index in [0.29, 0.717) is 10.9 Å². The molecule has 1 aromatic carbocycles. The summed E-state index contributed by atoms with van der Waals surface area (Å²) in [6, 6.07) is 4.37. The van der Waals surface area contributed by atoms with Crippen molar-refractivity contribution in [3.05, 3.63) is 35.8 Å². The number of amides is 1. The number of aliphatic hydroxyl groups is 1. The molecule has 0 spiro atoms. The van der Waals surface area contributed by atoms with Crippen LogP contribution in [0.15, 0.2) is 24.4 Å². The molecule has 0 atom stereocenters. The molecule has 1 aromatic heterocycles. The first kappa shape index (κ1) is 14.8. The number of ether oxygens (including phenoxy) is 1. The zero-order valence-electron chi connectivity index (χ0n) is 12.8. The van der Waals surface area contributed by atoms with Crippen LogP contribution in [-0.4, -0.2) is 39.8 Å². The number of carbonyl (C=O) groups excluding carboxylic acids is 1. The fraction of sp³-hybridized carbons (Fsp3) is 0.438. The van der Waals surface area contributed by atoms with E-state index in [0.717, 1.165) is 5.52 Å². The molecule has 2 aromatic rings. The van der Waals surface area contributed by atoms with E-state index >= 15 is 0 Å². The average molecular weight is 306 g/mol. The van der Waals surface area contributed by atoms with E-state index in [1.807, 2.05) is 0 Å². The highest BCUT2D eigenvalue weighted by Crippen LogP contribution is 2.37. The normalized spacial score (nSPS) is 17.4. The van der Waals surface area contributed by atoms with Gasteiger partial charge in [-0.05, 0) is 39.0 Å². The van der Waals surface area contributed by atoms with Gasteiger partial charge in [-0.3, -0.25) is 0 Å². The average Bonchev–Trinajstić information content (AvgIpc) is 2.76. The number of rotatable bonds is 1. The molecular formula is C16H19FN2O3. The van der Waals surface area contributed by atoms with Crippen molar-refractivity contribution in [2.45, 2.75) is 32.0 Å². The Balaban J connectivity index is 1.79. The maximum absolute atomic E-state index is 13.4. The molecule has 22 heavy (non-hydrogen) atoms. The summed E-state index contributed by atoms with van der Waals surface area (Å²) in [5.74, 6) is -0.361. The monoisotopic (exact) mass is 306 g/mol. The Morgan fingerprint density at radius 2 is 2.09 bits per heavy atom. The number of nitrogens with zero attached hydrogens (tertiary/aromatic N) is 1. The minimum absolute atomic E-state index is 0.130. The number of nitrogens with one attached hydrogen (secondary N) is 1. The maximum atomic E-state index is 13.4. The number of aromatic nitrogens is 1. The molecule has 2 N–H and O–H groups in total. The van der Waals surface area contributed by atoms with Gasteiger partial charge >= 0.3 is 6.09 Å². The van der Waals surface area contributed by atoms with Crippen molar-refractivity contribution in [3.63, 3.8) is 0 Å². The highest BCUT2D eigenvalue weighted by molar-refractivity contribution is 5.85. The third-order valence-corrected chi connectivity index (χ3v) is 3.70. The van der Waals surface area contributed by atoms with Gasteiger partial charge in [-0.1, -0.05) is 0 Å². The largest absolute Gasteiger partial charge is 0.444 e. The first-order chi connectivity index (χ1) is 10.2. The summed E-state index contributed by atoms with van der Waals surface area (Å²) in [6.07, 6.45) is 1.21. The van der Waals surface area contributed by atoms with E-state index in [1.165, 1.54) is 17.0 Å². The second kappa shape index (κ2) is 4.71. The number of carbonyl (C=O) groups is 1. The molecule has 0 saturated carbocycles. The highest BCUT2D eigenvalue weighted by Gasteiger charge is 2.47. The summed E-state index contributed by atoms with van der Waals surface area (Å²) in [5.41, 5.74) is -0.403. The third kappa shape index (κ3) is 2.54. The molecule has 5 nitrogen and oxygen atoms in total. The first-order valence-corrected chi connectivity index (χ1v) is 7.15. The van der Waals surface area contributed by atoms with Gasteiger partial charge in [-0.25, -0.2) is 9.18 Å². The second-order valence-corrected chi connectivity index (χ2v) is 6.76. The van der Waals surface area contributed by atoms with Crippen molar-refractivity contribution in [2.75, 3.05) is 13.1 Å². The predicted octanol–water partition coefficient (Wildman–Crippen LogP) is 2.75. The van der Waals surface area contributed by atoms with Gasteiger partial charge in [0.15, 0.2) is 0 Å². The van der Waals surface area contributed by atoms with Crippen LogP contribution < -0.4 is 0 Å². The fourth-order valence-electron chi connectivity index (χ4n) is 2.69. The number of fused-ring (bicyclic) bond motifs is 1. The van der Waals surface area contributed by atoms with Gasteiger partial charge in [0.05, 0.1) is 13.1 Å². The molecule has 2 heterocycles. The van der Waals surface area contributed by atoms with Crippen molar-refractivity contribution < 1.29 is 19.0 Å². The lowest BCUT2D eigenvalue weighted by Crippen LogP contribution is -2.61. The molecule has 0 radical (unpaired) electrons. The lowest BCUT2D eigenvalue weighted by Gasteiger charge is -2.46. The minimum Gasteiger partial charge on any atom is -0.444 e. The summed E-state index contributed by atoms with van der Waals surface area (Å²) < 4.78 is 18.7. The molecule has 0 unspecified atom stereocenters. The van der Waals surface area contributed by atoms with E-state index in [9.17, 15) is 14.3 Å². The number of halogens is 1. The van der Waals surface area contributed by atoms with Gasteiger partial charge in [0.1, 0.15) is 17.0 Å². The molecule has 0 aliphatic carbocycles. The Bertz CT molecular complexity index is 727. The quantitative estimate of drug-likeness (QED) is 0.851. The molecule has 1 amide bonds. The molecule has 3 rings (SSSR count). The van der Waals surface area contributed by atoms with Crippen molar-refractivity contribution in [1.29, 1.82) is 0 Å². The Hall–Kier alpha value is -2.08. The van der Waals surface area contributed by atoms with E-state index < -0.39 is 17.3 Å². The molecular weight excluding hydrogens is 287 g/mol. The van der Waals surface area contributed by atoms with E-state index in [1.54, 1.807) is 33.0 Å². The Labute approximate surface area is 127 Å². The number of β-amino-alcohol motifs (C(OH)–C–C–N with tert-alkyl or cyclic N) is 1. The molecule has 6 heteroatoms. The summed E-state index contributed by atoms with van der Waals surface area (Å²) in [7, 11) is 0. The number of aromatic amines is 1. The Morgan fingerprint density at radius 1 is 1.41 bits per heavy atom. The molecule has 1 fully saturated rings. The van der Waals surface area contributed by atoms with Crippen molar-refractivity contribution in [2.24, 2.45) is 0 Å². The second-order valence-electron chi connectivity index (χ2n) is 6.76. The topological polar surface area (TPSA) is 65.6 Å². The summed E-state index contributed by atoms with van der Waals surface area (Å²) in [6.45, 7) is 5.63. The SMILES string of the molecule is CC(C)(C)OC(=O)N1CC(O)(c2c[nH]c3ccc(F)cc23)C1. The smallest absolute Gasteiger partial charge is 0.410 e. The first-order valence-electron chi connectivity index (χ1n) is 7.15. The molecule has 118 valence electrons. The minimum atomic E-state index is -1.18. The number of H-pyrrole nitrogens is 1. The third-order valence-electron chi connectivity index (χ3n) is 3.70. The van der Waals surface area contributed by atoms with Gasteiger partial charge in [-0.15, -0.1) is 0 Å². The highest BCUT2D eigenvalue weighted by atomic mass is 19.1. The summed E-state index contributed by atoms with van der Waals surface area (Å²) >= 11 is 0. The molecule has 1 aliphatic rings. The Kier molecular flexibility index (Phi) is 3.18. The predicted molar refractivity (Wildman–Crippen MR) is 80.0 cm³/mol. The molecule has 1 aliphatic heterocycles. The summed E-state index contributed by atoms with van der Waals surface area (Å²) in [5, 5.41) is 11.3. The van der Waals surface area contributed by atoms with Crippen LogP contribution in [0, 0.1) is 5.82 Å². The van der Waals surface area contributed by atoms with Gasteiger partial charge in [0.25, 0.3) is 0 Å². The van der Waals surface area contributed by atoms with E-state index in [4.69, 9.17) is 4.74 Å². The van der Waals surface area contributed by atoms with Crippen molar-refractivity contribution in [3.8, 4) is 0 Å². The van der Waals surface area contributed by atoms with Crippen LogP contribution in [0.1, 0.15) is 26.3 Å². The number of hydrogen-bond acceptors (Lipinski definition) is 3. The van der Waals surface area contributed by atoms with Gasteiger partial charge in [0, 0.05) is 22.7 Å². The van der Waals surface area contributed by atoms with E-state index in [2.05, 4.69) is 4.98 Å².